The first-order chi connectivity index (χ1) is 13.6. The van der Waals surface area contributed by atoms with Gasteiger partial charge in [-0.15, -0.1) is 0 Å². The Balaban J connectivity index is 1.43. The lowest BCUT2D eigenvalue weighted by Crippen LogP contribution is -2.33. The number of hydrogen-bond donors (Lipinski definition) is 2. The number of benzene rings is 1. The molecule has 1 aromatic heterocycles. The van der Waals surface area contributed by atoms with Gasteiger partial charge in [-0.05, 0) is 74.6 Å². The minimum atomic E-state index is -0.530. The van der Waals surface area contributed by atoms with Crippen LogP contribution in [0.4, 0.5) is 10.6 Å². The molecule has 1 amide bonds. The molecule has 0 unspecified atom stereocenters. The molecular weight excluding hydrogens is 374 g/mol. The van der Waals surface area contributed by atoms with Gasteiger partial charge in [0.15, 0.2) is 0 Å². The van der Waals surface area contributed by atoms with E-state index in [0.717, 1.165) is 25.9 Å². The summed E-state index contributed by atoms with van der Waals surface area (Å²) in [5, 5.41) is 3.28. The largest absolute Gasteiger partial charge is 0.418 e. The van der Waals surface area contributed by atoms with Crippen molar-refractivity contribution in [2.75, 3.05) is 25.0 Å². The van der Waals surface area contributed by atoms with Gasteiger partial charge in [0.05, 0.1) is 0 Å². The number of piperidine rings is 1. The van der Waals surface area contributed by atoms with Crippen LogP contribution >= 0.6 is 11.6 Å². The van der Waals surface area contributed by atoms with Crippen molar-refractivity contribution in [1.82, 2.24) is 9.88 Å². The summed E-state index contributed by atoms with van der Waals surface area (Å²) in [6, 6.07) is 8.80. The van der Waals surface area contributed by atoms with Crippen LogP contribution < -0.4 is 10.1 Å². The molecule has 1 fully saturated rings. The van der Waals surface area contributed by atoms with Crippen LogP contribution in [0.2, 0.25) is 5.02 Å². The van der Waals surface area contributed by atoms with E-state index in [1.165, 1.54) is 37.8 Å². The molecule has 0 spiro atoms. The number of likely N-dealkylation sites (tertiary alicyclic amines) is 1. The molecular formula is C22H30ClN3O2. The van der Waals surface area contributed by atoms with Crippen LogP contribution in [0.15, 0.2) is 36.5 Å². The lowest BCUT2D eigenvalue weighted by Gasteiger charge is -2.31. The molecule has 28 heavy (non-hydrogen) atoms. The van der Waals surface area contributed by atoms with Gasteiger partial charge in [0.25, 0.3) is 0 Å². The number of nitrogens with zero attached hydrogens (tertiary/aromatic N) is 1. The number of H-pyrrole nitrogens is 1. The highest BCUT2D eigenvalue weighted by Gasteiger charge is 2.21. The summed E-state index contributed by atoms with van der Waals surface area (Å²) >= 11 is 5.91. The maximum Gasteiger partial charge on any atom is 0.418 e. The topological polar surface area (TPSA) is 57.4 Å². The Morgan fingerprint density at radius 3 is 2.82 bits per heavy atom. The number of unbranched alkanes of at least 4 members (excludes halogenated alkanes) is 3. The van der Waals surface area contributed by atoms with Crippen LogP contribution in [0, 0.1) is 0 Å². The van der Waals surface area contributed by atoms with Crippen molar-refractivity contribution in [3.05, 3.63) is 47.1 Å². The normalized spacial score (nSPS) is 15.5. The molecule has 1 saturated heterocycles. The SMILES string of the molecule is CCCCCCN1CCC(c2c[nH]c(NC(=O)Oc3cccc(Cl)c3)c2)CC1. The Morgan fingerprint density at radius 1 is 1.25 bits per heavy atom. The third-order valence-corrected chi connectivity index (χ3v) is 5.57. The molecule has 152 valence electrons. The number of carbonyl (C=O) groups is 1. The zero-order valence-electron chi connectivity index (χ0n) is 16.5. The zero-order valence-corrected chi connectivity index (χ0v) is 17.3. The molecule has 0 atom stereocenters. The van der Waals surface area contributed by atoms with Crippen molar-refractivity contribution in [3.63, 3.8) is 0 Å². The number of carbonyl (C=O) groups excluding carboxylic acids is 1. The van der Waals surface area contributed by atoms with Crippen molar-refractivity contribution < 1.29 is 9.53 Å². The van der Waals surface area contributed by atoms with E-state index >= 15 is 0 Å². The van der Waals surface area contributed by atoms with E-state index in [-0.39, 0.29) is 0 Å². The van der Waals surface area contributed by atoms with Crippen molar-refractivity contribution in [1.29, 1.82) is 0 Å². The van der Waals surface area contributed by atoms with Crippen molar-refractivity contribution >= 4 is 23.5 Å². The quantitative estimate of drug-likeness (QED) is 0.528. The van der Waals surface area contributed by atoms with E-state index < -0.39 is 6.09 Å². The number of nitrogens with one attached hydrogen (secondary N) is 2. The average molecular weight is 404 g/mol. The fraction of sp³-hybridized carbons (Fsp3) is 0.500. The summed E-state index contributed by atoms with van der Waals surface area (Å²) in [4.78, 5) is 17.8. The summed E-state index contributed by atoms with van der Waals surface area (Å²) in [5.74, 6) is 1.62. The van der Waals surface area contributed by atoms with Gasteiger partial charge in [0.1, 0.15) is 11.6 Å². The monoisotopic (exact) mass is 403 g/mol. The Morgan fingerprint density at radius 2 is 2.07 bits per heavy atom. The molecule has 0 radical (unpaired) electrons. The summed E-state index contributed by atoms with van der Waals surface area (Å²) in [7, 11) is 0. The van der Waals surface area contributed by atoms with Crippen molar-refractivity contribution in [2.45, 2.75) is 51.4 Å². The van der Waals surface area contributed by atoms with Gasteiger partial charge in [-0.1, -0.05) is 43.9 Å². The maximum atomic E-state index is 12.1. The average Bonchev–Trinajstić information content (AvgIpc) is 3.14. The molecule has 1 aromatic carbocycles. The Labute approximate surface area is 172 Å². The maximum absolute atomic E-state index is 12.1. The summed E-state index contributed by atoms with van der Waals surface area (Å²) in [6.07, 6.45) is 9.08. The van der Waals surface area contributed by atoms with Gasteiger partial charge in [-0.25, -0.2) is 4.79 Å². The molecule has 0 bridgehead atoms. The van der Waals surface area contributed by atoms with Crippen LogP contribution in [0.1, 0.15) is 56.9 Å². The van der Waals surface area contributed by atoms with Crippen LogP contribution in [0.25, 0.3) is 0 Å². The van der Waals surface area contributed by atoms with E-state index in [1.807, 2.05) is 12.3 Å². The molecule has 1 aliphatic rings. The molecule has 0 saturated carbocycles. The van der Waals surface area contributed by atoms with Gasteiger partial charge in [-0.2, -0.15) is 0 Å². The minimum absolute atomic E-state index is 0.420. The molecule has 0 aliphatic carbocycles. The second-order valence-electron chi connectivity index (χ2n) is 7.50. The van der Waals surface area contributed by atoms with Crippen molar-refractivity contribution in [3.8, 4) is 5.75 Å². The summed E-state index contributed by atoms with van der Waals surface area (Å²) in [5.41, 5.74) is 1.25. The van der Waals surface area contributed by atoms with E-state index in [0.29, 0.717) is 22.5 Å². The van der Waals surface area contributed by atoms with Crippen LogP contribution in [0.5, 0.6) is 5.75 Å². The number of aromatic amines is 1. The predicted octanol–water partition coefficient (Wildman–Crippen LogP) is 6.04. The van der Waals surface area contributed by atoms with Gasteiger partial charge < -0.3 is 14.6 Å². The highest BCUT2D eigenvalue weighted by atomic mass is 35.5. The highest BCUT2D eigenvalue weighted by molar-refractivity contribution is 6.30. The lowest BCUT2D eigenvalue weighted by molar-refractivity contribution is 0.208. The first-order valence-corrected chi connectivity index (χ1v) is 10.7. The zero-order chi connectivity index (χ0) is 19.8. The Hall–Kier alpha value is -1.98. The van der Waals surface area contributed by atoms with E-state index in [1.54, 1.807) is 24.3 Å². The van der Waals surface area contributed by atoms with Gasteiger partial charge in [0.2, 0.25) is 0 Å². The van der Waals surface area contributed by atoms with Crippen molar-refractivity contribution in [2.24, 2.45) is 0 Å². The lowest BCUT2D eigenvalue weighted by atomic mass is 9.91. The number of aromatic nitrogens is 1. The highest BCUT2D eigenvalue weighted by Crippen LogP contribution is 2.29. The summed E-state index contributed by atoms with van der Waals surface area (Å²) in [6.45, 7) is 5.79. The fourth-order valence-electron chi connectivity index (χ4n) is 3.74. The van der Waals surface area contributed by atoms with E-state index in [4.69, 9.17) is 16.3 Å². The van der Waals surface area contributed by atoms with Gasteiger partial charge in [0, 0.05) is 11.2 Å². The second-order valence-corrected chi connectivity index (χ2v) is 7.93. The van der Waals surface area contributed by atoms with Gasteiger partial charge in [-0.3, -0.25) is 5.32 Å². The smallest absolute Gasteiger partial charge is 0.410 e. The number of ether oxygens (including phenoxy) is 1. The van der Waals surface area contributed by atoms with Crippen LogP contribution in [-0.2, 0) is 0 Å². The number of halogens is 1. The standard InChI is InChI=1S/C22H30ClN3O2/c1-2-3-4-5-11-26-12-9-17(10-13-26)18-14-21(24-16-18)25-22(27)28-20-8-6-7-19(23)15-20/h6-8,14-17,24H,2-5,9-13H2,1H3,(H,25,27). The molecule has 2 heterocycles. The third-order valence-electron chi connectivity index (χ3n) is 5.34. The molecule has 6 heteroatoms. The third kappa shape index (κ3) is 6.28. The van der Waals surface area contributed by atoms with E-state index in [9.17, 15) is 4.79 Å². The second kappa shape index (κ2) is 10.5. The first-order valence-electron chi connectivity index (χ1n) is 10.3. The Bertz CT molecular complexity index is 754. The van der Waals surface area contributed by atoms with Crippen LogP contribution in [-0.4, -0.2) is 35.6 Å². The summed E-state index contributed by atoms with van der Waals surface area (Å²) < 4.78 is 5.26. The number of anilines is 1. The first kappa shape index (κ1) is 20.7. The minimum Gasteiger partial charge on any atom is -0.410 e. The molecule has 1 aliphatic heterocycles. The number of amides is 1. The molecule has 2 N–H and O–H groups in total. The number of hydrogen-bond acceptors (Lipinski definition) is 3. The number of rotatable bonds is 8. The van der Waals surface area contributed by atoms with Gasteiger partial charge >= 0.3 is 6.09 Å². The molecule has 2 aromatic rings. The fourth-order valence-corrected chi connectivity index (χ4v) is 3.92. The van der Waals surface area contributed by atoms with E-state index in [2.05, 4.69) is 22.1 Å². The Kier molecular flexibility index (Phi) is 7.80. The van der Waals surface area contributed by atoms with Crippen LogP contribution in [0.3, 0.4) is 0 Å². The molecule has 5 nitrogen and oxygen atoms in total. The molecule has 3 rings (SSSR count). The predicted molar refractivity (Wildman–Crippen MR) is 114 cm³/mol.